The highest BCUT2D eigenvalue weighted by Crippen LogP contribution is 2.22. The molecule has 2 heterocycles. The predicted octanol–water partition coefficient (Wildman–Crippen LogP) is 6.68. The zero-order valence-corrected chi connectivity index (χ0v) is 17.9. The van der Waals surface area contributed by atoms with Gasteiger partial charge in [0.05, 0.1) is 11.4 Å². The number of para-hydroxylation sites is 1. The summed E-state index contributed by atoms with van der Waals surface area (Å²) in [5.41, 5.74) is 2.52. The zero-order chi connectivity index (χ0) is 16.3. The van der Waals surface area contributed by atoms with Gasteiger partial charge in [0.15, 0.2) is 0 Å². The molecule has 0 saturated heterocycles. The number of unbranched alkanes of at least 4 members (excludes halogenated alkanes) is 4. The number of allylic oxidation sites excluding steroid dienone is 1. The molecule has 0 radical (unpaired) electrons. The van der Waals surface area contributed by atoms with Gasteiger partial charge in [0, 0.05) is 23.8 Å². The minimum absolute atomic E-state index is 0. The van der Waals surface area contributed by atoms with Crippen molar-refractivity contribution in [2.75, 3.05) is 12.4 Å². The van der Waals surface area contributed by atoms with Crippen LogP contribution in [-0.2, 0) is 0 Å². The number of nitrogens with zero attached hydrogens (tertiary/aromatic N) is 2. The molecule has 4 heteroatoms. The van der Waals surface area contributed by atoms with E-state index in [2.05, 4.69) is 41.3 Å². The summed E-state index contributed by atoms with van der Waals surface area (Å²) in [6.07, 6.45) is 8.75. The fourth-order valence-electron chi connectivity index (χ4n) is 2.59. The van der Waals surface area contributed by atoms with Crippen LogP contribution >= 0.6 is 35.7 Å². The molecule has 0 unspecified atom stereocenters. The number of hydrogen-bond acceptors (Lipinski definition) is 3. The highest BCUT2D eigenvalue weighted by atomic mass is 127. The zero-order valence-electron chi connectivity index (χ0n) is 14.8. The fourth-order valence-corrected chi connectivity index (χ4v) is 3.56. The van der Waals surface area contributed by atoms with Crippen molar-refractivity contribution in [2.24, 2.45) is 0 Å². The number of halogens is 1. The molecule has 2 nitrogen and oxygen atoms in total. The minimum Gasteiger partial charge on any atom is -0.365 e. The molecule has 0 fully saturated rings. The number of fused-ring (bicyclic) bond motifs is 1. The second kappa shape index (κ2) is 12.6. The van der Waals surface area contributed by atoms with Crippen molar-refractivity contribution in [3.63, 3.8) is 0 Å². The Kier molecular flexibility index (Phi) is 11.2. The van der Waals surface area contributed by atoms with E-state index >= 15 is 0 Å². The Morgan fingerprint density at radius 2 is 1.79 bits per heavy atom. The normalized spacial score (nSPS) is 13.1. The summed E-state index contributed by atoms with van der Waals surface area (Å²) < 4.78 is 0. The largest absolute Gasteiger partial charge is 0.365 e. The van der Waals surface area contributed by atoms with Gasteiger partial charge >= 0.3 is 0 Å². The number of rotatable bonds is 6. The third-order valence-corrected chi connectivity index (χ3v) is 5.00. The van der Waals surface area contributed by atoms with E-state index in [9.17, 15) is 0 Å². The third kappa shape index (κ3) is 7.43. The Morgan fingerprint density at radius 3 is 2.50 bits per heavy atom. The van der Waals surface area contributed by atoms with Gasteiger partial charge in [0.25, 0.3) is 0 Å². The summed E-state index contributed by atoms with van der Waals surface area (Å²) >= 11 is 1.92. The summed E-state index contributed by atoms with van der Waals surface area (Å²) in [5.74, 6) is 1.18. The quantitative estimate of drug-likeness (QED) is 0.357. The van der Waals surface area contributed by atoms with E-state index < -0.39 is 0 Å². The first kappa shape index (κ1) is 21.3. The van der Waals surface area contributed by atoms with E-state index in [1.807, 2.05) is 42.2 Å². The van der Waals surface area contributed by atoms with E-state index in [0.29, 0.717) is 0 Å². The third-order valence-electron chi connectivity index (χ3n) is 4.03. The smallest absolute Gasteiger partial charge is 0.0701 e. The summed E-state index contributed by atoms with van der Waals surface area (Å²) in [4.78, 5) is 6.66. The molecule has 1 aliphatic rings. The van der Waals surface area contributed by atoms with Crippen LogP contribution in [0.4, 0.5) is 0 Å². The fraction of sp³-hybridized carbons (Fsp3) is 0.450. The van der Waals surface area contributed by atoms with Gasteiger partial charge in [0.2, 0.25) is 0 Å². The molecular weight excluding hydrogens is 427 g/mol. The summed E-state index contributed by atoms with van der Waals surface area (Å²) in [7, 11) is 0. The van der Waals surface area contributed by atoms with E-state index in [1.54, 1.807) is 0 Å². The molecule has 0 atom stereocenters. The van der Waals surface area contributed by atoms with Crippen molar-refractivity contribution in [2.45, 2.75) is 46.0 Å². The van der Waals surface area contributed by atoms with E-state index in [4.69, 9.17) is 0 Å². The molecular formula is C20H29IN2S. The lowest BCUT2D eigenvalue weighted by Gasteiger charge is -2.18. The molecule has 1 aromatic heterocycles. The lowest BCUT2D eigenvalue weighted by Crippen LogP contribution is -2.18. The average molecular weight is 456 g/mol. The Balaban J connectivity index is 0.000000236. The van der Waals surface area contributed by atoms with E-state index in [1.165, 1.54) is 55.6 Å². The molecule has 1 aromatic carbocycles. The van der Waals surface area contributed by atoms with Gasteiger partial charge in [-0.1, -0.05) is 56.9 Å². The van der Waals surface area contributed by atoms with Crippen LogP contribution in [0.2, 0.25) is 0 Å². The summed E-state index contributed by atoms with van der Waals surface area (Å²) in [5, 5.41) is 3.47. The molecule has 24 heavy (non-hydrogen) atoms. The van der Waals surface area contributed by atoms with Gasteiger partial charge in [-0.3, -0.25) is 4.98 Å². The number of pyridine rings is 1. The first-order chi connectivity index (χ1) is 11.3. The monoisotopic (exact) mass is 456 g/mol. The molecule has 0 aliphatic carbocycles. The topological polar surface area (TPSA) is 16.1 Å². The van der Waals surface area contributed by atoms with Crippen molar-refractivity contribution < 1.29 is 0 Å². The highest BCUT2D eigenvalue weighted by Gasteiger charge is 2.09. The maximum absolute atomic E-state index is 4.18. The lowest BCUT2D eigenvalue weighted by molar-refractivity contribution is 0.392. The van der Waals surface area contributed by atoms with Crippen LogP contribution in [0, 0.1) is 0 Å². The van der Waals surface area contributed by atoms with Crippen LogP contribution in [0.5, 0.6) is 0 Å². The van der Waals surface area contributed by atoms with Gasteiger partial charge < -0.3 is 4.90 Å². The van der Waals surface area contributed by atoms with Crippen molar-refractivity contribution in [3.8, 4) is 0 Å². The van der Waals surface area contributed by atoms with Crippen LogP contribution in [0.3, 0.4) is 0 Å². The molecule has 0 N–H and O–H groups in total. The van der Waals surface area contributed by atoms with Crippen LogP contribution in [0.25, 0.3) is 10.9 Å². The van der Waals surface area contributed by atoms with Gasteiger partial charge in [0.1, 0.15) is 0 Å². The highest BCUT2D eigenvalue weighted by molar-refractivity contribution is 14.0. The number of benzene rings is 1. The Morgan fingerprint density at radius 1 is 1.04 bits per heavy atom. The standard InChI is InChI=1S/C11H21NS.C9H7N.HI/c1-3-4-5-6-7-8-12-10-13-9-11(12)2;1-2-6-9-8(4-1)5-3-7-10-9;/h9H,3-8,10H2,1-2H3;1-7H;1H. The Labute approximate surface area is 168 Å². The predicted molar refractivity (Wildman–Crippen MR) is 119 cm³/mol. The first-order valence-electron chi connectivity index (χ1n) is 8.64. The molecule has 0 bridgehead atoms. The van der Waals surface area contributed by atoms with Crippen LogP contribution < -0.4 is 0 Å². The molecule has 0 saturated carbocycles. The van der Waals surface area contributed by atoms with Crippen molar-refractivity contribution in [1.82, 2.24) is 9.88 Å². The maximum Gasteiger partial charge on any atom is 0.0701 e. The molecule has 0 spiro atoms. The number of thioether (sulfide) groups is 1. The van der Waals surface area contributed by atoms with Gasteiger partial charge in [-0.05, 0) is 30.9 Å². The van der Waals surface area contributed by atoms with Gasteiger partial charge in [-0.15, -0.1) is 35.7 Å². The second-order valence-corrected chi connectivity index (χ2v) is 6.76. The minimum atomic E-state index is 0. The Bertz CT molecular complexity index is 550. The number of hydrogen-bond donors (Lipinski definition) is 0. The van der Waals surface area contributed by atoms with Gasteiger partial charge in [-0.2, -0.15) is 0 Å². The van der Waals surface area contributed by atoms with Crippen molar-refractivity contribution in [1.29, 1.82) is 0 Å². The van der Waals surface area contributed by atoms with E-state index in [-0.39, 0.29) is 24.0 Å². The van der Waals surface area contributed by atoms with Crippen LogP contribution in [0.15, 0.2) is 53.7 Å². The van der Waals surface area contributed by atoms with Crippen LogP contribution in [-0.4, -0.2) is 22.3 Å². The van der Waals surface area contributed by atoms with Crippen LogP contribution in [0.1, 0.15) is 46.0 Å². The second-order valence-electron chi connectivity index (χ2n) is 5.93. The SMILES string of the molecule is CCCCCCCN1CSC=C1C.I.c1ccc2ncccc2c1. The average Bonchev–Trinajstić information content (AvgIpc) is 3.00. The maximum atomic E-state index is 4.18. The number of aromatic nitrogens is 1. The lowest BCUT2D eigenvalue weighted by atomic mass is 10.1. The summed E-state index contributed by atoms with van der Waals surface area (Å²) in [6, 6.07) is 12.1. The molecule has 2 aromatic rings. The van der Waals surface area contributed by atoms with Gasteiger partial charge in [-0.25, -0.2) is 0 Å². The van der Waals surface area contributed by atoms with Crippen molar-refractivity contribution >= 4 is 46.6 Å². The molecule has 0 amide bonds. The Hall–Kier alpha value is -0.750. The first-order valence-corrected chi connectivity index (χ1v) is 9.69. The molecule has 3 rings (SSSR count). The van der Waals surface area contributed by atoms with E-state index in [0.717, 1.165) is 5.52 Å². The molecule has 132 valence electrons. The molecule has 1 aliphatic heterocycles. The van der Waals surface area contributed by atoms with Crippen molar-refractivity contribution in [3.05, 3.63) is 53.7 Å². The summed E-state index contributed by atoms with van der Waals surface area (Å²) in [6.45, 7) is 5.75.